The Balaban J connectivity index is 0.000000161. The molecule has 0 unspecified atom stereocenters. The number of nitrogens with zero attached hydrogens (tertiary/aromatic N) is 8. The van der Waals surface area contributed by atoms with E-state index in [0.29, 0.717) is 110 Å². The third-order valence-corrected chi connectivity index (χ3v) is 26.8. The predicted octanol–water partition coefficient (Wildman–Crippen LogP) is 11.7. The van der Waals surface area contributed by atoms with Crippen LogP contribution in [0.25, 0.3) is 41.6 Å². The van der Waals surface area contributed by atoms with Crippen molar-refractivity contribution in [2.24, 2.45) is 11.8 Å². The van der Waals surface area contributed by atoms with Crippen LogP contribution in [0.1, 0.15) is 112 Å². The van der Waals surface area contributed by atoms with Gasteiger partial charge in [-0.05, 0) is 134 Å². The highest BCUT2D eigenvalue weighted by atomic mass is 32.2. The van der Waals surface area contributed by atoms with Gasteiger partial charge in [0.15, 0.2) is 29.7 Å². The van der Waals surface area contributed by atoms with Crippen molar-refractivity contribution in [3.8, 4) is 44.1 Å². The Bertz CT molecular complexity index is 4750. The maximum atomic E-state index is 15.1. The first kappa shape index (κ1) is 80.4. The minimum Gasteiger partial charge on any atom is -0.481 e. The normalized spacial score (nSPS) is 20.6. The van der Waals surface area contributed by atoms with Gasteiger partial charge in [0.25, 0.3) is 5.91 Å². The number of carboxylic acid groups (broad SMARTS) is 1. The number of piperazine rings is 2. The molecule has 8 aliphatic rings. The highest BCUT2D eigenvalue weighted by Crippen LogP contribution is 2.43. The average molecular weight is 1620 g/mol. The third-order valence-electron chi connectivity index (χ3n) is 21.4. The molecular formula is C82H92F2N12O13S4. The summed E-state index contributed by atoms with van der Waals surface area (Å²) in [7, 11) is 0. The number of nitrogens with one attached hydrogen (secondary N) is 4. The zero-order valence-corrected chi connectivity index (χ0v) is 65.8. The molecule has 31 heteroatoms. The van der Waals surface area contributed by atoms with E-state index in [4.69, 9.17) is 29.4 Å². The van der Waals surface area contributed by atoms with Crippen LogP contribution in [-0.2, 0) is 59.4 Å². The summed E-state index contributed by atoms with van der Waals surface area (Å²) in [6, 6.07) is 25.6. The molecule has 6 amide bonds. The molecule has 8 fully saturated rings. The second kappa shape index (κ2) is 37.8. The number of aliphatic hydroxyl groups is 1. The summed E-state index contributed by atoms with van der Waals surface area (Å²) in [6.07, 6.45) is 18.7. The van der Waals surface area contributed by atoms with E-state index in [2.05, 4.69) is 52.1 Å². The number of thiophene rings is 2. The highest BCUT2D eigenvalue weighted by Gasteiger charge is 2.44. The van der Waals surface area contributed by atoms with E-state index in [1.165, 1.54) is 34.8 Å². The molecule has 2 saturated carbocycles. The van der Waals surface area contributed by atoms with E-state index in [-0.39, 0.29) is 109 Å². The summed E-state index contributed by atoms with van der Waals surface area (Å²) in [5, 5.41) is 30.1. The van der Waals surface area contributed by atoms with Gasteiger partial charge in [0.05, 0.1) is 65.7 Å². The molecule has 25 nitrogen and oxygen atoms in total. The van der Waals surface area contributed by atoms with Crippen molar-refractivity contribution in [2.45, 2.75) is 150 Å². The molecule has 6 atom stereocenters. The number of aliphatic hydroxyl groups excluding tert-OH is 1. The Morgan fingerprint density at radius 1 is 0.513 bits per heavy atom. The molecule has 6 N–H and O–H groups in total. The number of esters is 1. The fraction of sp³-hybridized carbons (Fsp3) is 0.463. The van der Waals surface area contributed by atoms with Crippen LogP contribution >= 0.6 is 46.2 Å². The first-order valence-corrected chi connectivity index (χ1v) is 42.6. The molecule has 2 aliphatic carbocycles. The molecule has 12 heterocycles. The quantitative estimate of drug-likeness (QED) is 0.0134. The fourth-order valence-electron chi connectivity index (χ4n) is 14.9. The zero-order chi connectivity index (χ0) is 78.5. The van der Waals surface area contributed by atoms with Gasteiger partial charge >= 0.3 is 24.0 Å². The Morgan fingerprint density at radius 2 is 0.965 bits per heavy atom. The van der Waals surface area contributed by atoms with Crippen molar-refractivity contribution in [1.82, 2.24) is 60.8 Å². The number of carbonyl (C=O) groups excluding carboxylic acids is 7. The van der Waals surface area contributed by atoms with Gasteiger partial charge in [-0.1, -0.05) is 37.1 Å². The number of pyridine rings is 4. The molecule has 6 saturated heterocycles. The monoisotopic (exact) mass is 1620 g/mol. The molecule has 2 aromatic carbocycles. The second-order valence-electron chi connectivity index (χ2n) is 30.1. The number of fused-ring (bicyclic) bond motifs is 4. The summed E-state index contributed by atoms with van der Waals surface area (Å²) >= 11 is 6.69. The van der Waals surface area contributed by atoms with Crippen molar-refractivity contribution >= 4 is 114 Å². The Hall–Kier alpha value is -9.24. The van der Waals surface area contributed by atoms with Crippen molar-refractivity contribution in [2.75, 3.05) is 77.1 Å². The molecule has 0 spiro atoms. The lowest BCUT2D eigenvalue weighted by Gasteiger charge is -2.34. The highest BCUT2D eigenvalue weighted by molar-refractivity contribution is 8.00. The third kappa shape index (κ3) is 22.0. The predicted molar refractivity (Wildman–Crippen MR) is 428 cm³/mol. The largest absolute Gasteiger partial charge is 0.481 e. The number of Topliss-reactive ketones (excluding diaryl/α,β-unsaturated/α-hetero) is 2. The van der Waals surface area contributed by atoms with Crippen LogP contribution in [0.3, 0.4) is 0 Å². The molecular weight excluding hydrogens is 1530 g/mol. The molecule has 16 rings (SSSR count). The number of aliphatic carboxylic acids is 1. The van der Waals surface area contributed by atoms with Gasteiger partial charge in [-0.25, -0.2) is 18.4 Å². The van der Waals surface area contributed by atoms with Crippen LogP contribution in [-0.4, -0.2) is 209 Å². The topological polar surface area (TPSA) is 317 Å². The van der Waals surface area contributed by atoms with Crippen LogP contribution in [0.2, 0.25) is 0 Å². The first-order valence-electron chi connectivity index (χ1n) is 38.8. The number of carboxylic acids is 1. The molecule has 0 radical (unpaired) electrons. The molecule has 596 valence electrons. The molecule has 8 aromatic rings. The zero-order valence-electron chi connectivity index (χ0n) is 62.6. The van der Waals surface area contributed by atoms with Gasteiger partial charge in [-0.3, -0.25) is 58.5 Å². The number of urea groups is 2. The number of aromatic nitrogens is 4. The number of ether oxygens (including phenoxy) is 3. The summed E-state index contributed by atoms with van der Waals surface area (Å²) in [6.45, 7) is 5.98. The number of halogens is 2. The van der Waals surface area contributed by atoms with Crippen LogP contribution in [0.5, 0.6) is 23.0 Å². The number of amides is 6. The fourth-order valence-corrected chi connectivity index (χ4v) is 20.1. The smallest absolute Gasteiger partial charge is 0.315 e. The lowest BCUT2D eigenvalue weighted by Crippen LogP contribution is -2.49. The second-order valence-corrected chi connectivity index (χ2v) is 34.7. The summed E-state index contributed by atoms with van der Waals surface area (Å²) in [4.78, 5) is 122. The maximum absolute atomic E-state index is 15.1. The standard InChI is InChI=1S/C41H45FN6O6S2.C31H31FN4O4S.C10H16N2O3S/c42-29-19-26(18-28(49)17-25-5-6-25)8-10-33(29)54-34-11-12-43-31-20-36(56-40(31)34)30-9-7-27(21-44-30)22-47-13-15-48(16-14-47)37(50)23-53-38(51)4-2-1-3-35-39-32(24-55-35)45-41(52)46-39;32-24-15-21(14-23(38)13-20-1-2-20)4-6-27(24)40-28-7-8-33-26-16-29(41-31(26)28)25-5-3-22(17-34-25)18-35-9-11-36(12-10-35)30(39)19-37;13-8(14)4-2-1-3-7-9-6(5-16-7)11-10(15)12-9/h7-12,19-21,25,32,35,39H,1-6,13-18,22-24H2,(H2,45,46,52);3-8,15-17,20,37H,1-2,9-14,18-19H2;6-7,9H,1-5H2,(H,13,14)(H2,11,12,15)/t32-,35-,39-;;6-,7-,9-/m1.1/s1. The Labute approximate surface area is 669 Å². The number of benzene rings is 2. The van der Waals surface area contributed by atoms with Gasteiger partial charge < -0.3 is 55.5 Å². The van der Waals surface area contributed by atoms with Gasteiger partial charge in [0, 0.05) is 163 Å². The van der Waals surface area contributed by atoms with Crippen LogP contribution in [0.15, 0.2) is 110 Å². The lowest BCUT2D eigenvalue weighted by atomic mass is 10.0. The van der Waals surface area contributed by atoms with Gasteiger partial charge in [0.1, 0.15) is 29.7 Å². The van der Waals surface area contributed by atoms with E-state index < -0.39 is 24.2 Å². The Morgan fingerprint density at radius 3 is 1.39 bits per heavy atom. The van der Waals surface area contributed by atoms with Crippen molar-refractivity contribution in [1.29, 1.82) is 0 Å². The van der Waals surface area contributed by atoms with Crippen molar-refractivity contribution in [3.63, 3.8) is 0 Å². The number of hydrogen-bond acceptors (Lipinski definition) is 22. The number of ketones is 2. The summed E-state index contributed by atoms with van der Waals surface area (Å²) < 4.78 is 48.9. The maximum Gasteiger partial charge on any atom is 0.315 e. The van der Waals surface area contributed by atoms with E-state index >= 15 is 4.39 Å². The summed E-state index contributed by atoms with van der Waals surface area (Å²) in [5.41, 5.74) is 6.51. The number of rotatable bonds is 31. The van der Waals surface area contributed by atoms with Gasteiger partial charge in [-0.2, -0.15) is 23.5 Å². The molecule has 0 bridgehead atoms. The first-order chi connectivity index (χ1) is 54.8. The number of carbonyl (C=O) groups is 8. The number of hydrogen-bond donors (Lipinski definition) is 6. The molecule has 6 aliphatic heterocycles. The van der Waals surface area contributed by atoms with Crippen LogP contribution < -0.4 is 30.7 Å². The van der Waals surface area contributed by atoms with Gasteiger partial charge in [0.2, 0.25) is 5.91 Å². The van der Waals surface area contributed by atoms with E-state index in [1.807, 2.05) is 66.2 Å². The van der Waals surface area contributed by atoms with E-state index in [0.717, 1.165) is 142 Å². The average Bonchev–Trinajstić information content (AvgIpc) is 1.68. The van der Waals surface area contributed by atoms with E-state index in [1.54, 1.807) is 58.6 Å². The Kier molecular flexibility index (Phi) is 26.9. The SMILES string of the molecule is O=C(Cc1ccc(Oc2ccnc3cc(-c4ccc(CN5CCN(C(=O)CO)CC5)cn4)sc23)c(F)c1)CC1CC1.O=C(Cc1ccc(Oc2ccnc3cc(-c4ccc(CN5CCN(C(=O)COC(=O)CCCC[C@H]6SC[C@H]7NC(=O)N[C@H]76)CC5)cn4)sc23)c(F)c1)CC1CC1.O=C(O)CCCC[C@H]1SC[C@H]2NC(=O)N[C@H]21. The molecule has 113 heavy (non-hydrogen) atoms. The number of thioether (sulfide) groups is 2. The van der Waals surface area contributed by atoms with Crippen LogP contribution in [0, 0.1) is 23.5 Å². The van der Waals surface area contributed by atoms with Crippen molar-refractivity contribution < 1.29 is 71.6 Å². The number of unbranched alkanes of at least 4 members (excludes halogenated alkanes) is 2. The van der Waals surface area contributed by atoms with Crippen LogP contribution in [0.4, 0.5) is 18.4 Å². The minimum absolute atomic E-state index is 0.0640. The van der Waals surface area contributed by atoms with Crippen molar-refractivity contribution in [3.05, 3.63) is 144 Å². The van der Waals surface area contributed by atoms with E-state index in [9.17, 15) is 42.7 Å². The molecule has 6 aromatic heterocycles. The summed E-state index contributed by atoms with van der Waals surface area (Å²) in [5.74, 6) is 1.92. The minimum atomic E-state index is -0.729. The van der Waals surface area contributed by atoms with Gasteiger partial charge in [-0.15, -0.1) is 22.7 Å². The lowest BCUT2D eigenvalue weighted by molar-refractivity contribution is -0.152.